The van der Waals surface area contributed by atoms with E-state index in [-0.39, 0.29) is 24.0 Å². The molecule has 26 heavy (non-hydrogen) atoms. The van der Waals surface area contributed by atoms with Crippen LogP contribution in [0.3, 0.4) is 0 Å². The molecule has 1 aliphatic carbocycles. The van der Waals surface area contributed by atoms with Gasteiger partial charge in [-0.15, -0.1) is 35.3 Å². The molecule has 0 aliphatic heterocycles. The third-order valence-corrected chi connectivity index (χ3v) is 5.51. The van der Waals surface area contributed by atoms with Crippen molar-refractivity contribution >= 4 is 41.3 Å². The molecule has 0 atom stereocenters. The second kappa shape index (κ2) is 10.7. The van der Waals surface area contributed by atoms with Gasteiger partial charge in [0, 0.05) is 30.2 Å². The molecule has 3 rings (SSSR count). The monoisotopic (exact) mass is 486 g/mol. The quantitative estimate of drug-likeness (QED) is 0.364. The van der Waals surface area contributed by atoms with Gasteiger partial charge in [0.2, 0.25) is 5.88 Å². The van der Waals surface area contributed by atoms with Crippen LogP contribution in [-0.2, 0) is 13.1 Å². The fourth-order valence-corrected chi connectivity index (χ4v) is 3.82. The lowest BCUT2D eigenvalue weighted by Crippen LogP contribution is -2.36. The molecule has 1 saturated carbocycles. The lowest BCUT2D eigenvalue weighted by molar-refractivity contribution is 0.199. The van der Waals surface area contributed by atoms with Crippen LogP contribution in [0.1, 0.15) is 41.7 Å². The van der Waals surface area contributed by atoms with Crippen molar-refractivity contribution in [2.45, 2.75) is 51.8 Å². The molecule has 0 aromatic carbocycles. The maximum atomic E-state index is 6.10. The van der Waals surface area contributed by atoms with E-state index in [2.05, 4.69) is 45.0 Å². The summed E-state index contributed by atoms with van der Waals surface area (Å²) in [6, 6.07) is 6.14. The van der Waals surface area contributed by atoms with E-state index in [4.69, 9.17) is 4.74 Å². The second-order valence-electron chi connectivity index (χ2n) is 6.30. The van der Waals surface area contributed by atoms with E-state index in [1.807, 2.05) is 6.07 Å². The topological polar surface area (TPSA) is 58.5 Å². The van der Waals surface area contributed by atoms with Crippen molar-refractivity contribution in [3.8, 4) is 5.88 Å². The molecule has 2 aromatic rings. The summed E-state index contributed by atoms with van der Waals surface area (Å²) >= 11 is 1.76. The number of nitrogens with one attached hydrogen (secondary N) is 2. The van der Waals surface area contributed by atoms with E-state index >= 15 is 0 Å². The second-order valence-corrected chi connectivity index (χ2v) is 7.30. The van der Waals surface area contributed by atoms with Crippen LogP contribution in [0.5, 0.6) is 5.88 Å². The van der Waals surface area contributed by atoms with Crippen molar-refractivity contribution in [2.75, 3.05) is 7.05 Å². The molecule has 2 heterocycles. The standard InChI is InChI=1S/C19H26N4OS.HI/c1-14-9-11-25-17(14)13-23-19(20-2)22-12-15-6-5-10-21-18(15)24-16-7-3-4-8-16;/h5-6,9-11,16H,3-4,7-8,12-13H2,1-2H3,(H2,20,22,23);1H. The highest BCUT2D eigenvalue weighted by molar-refractivity contribution is 14.0. The third kappa shape index (κ3) is 5.84. The van der Waals surface area contributed by atoms with Gasteiger partial charge in [-0.25, -0.2) is 4.98 Å². The predicted octanol–water partition coefficient (Wildman–Crippen LogP) is 4.26. The van der Waals surface area contributed by atoms with E-state index in [1.54, 1.807) is 24.6 Å². The number of thiophene rings is 1. The Kier molecular flexibility index (Phi) is 8.64. The number of aromatic nitrogens is 1. The Morgan fingerprint density at radius 1 is 1.27 bits per heavy atom. The van der Waals surface area contributed by atoms with Gasteiger partial charge in [0.1, 0.15) is 6.10 Å². The smallest absolute Gasteiger partial charge is 0.218 e. The summed E-state index contributed by atoms with van der Waals surface area (Å²) in [7, 11) is 1.79. The van der Waals surface area contributed by atoms with Gasteiger partial charge >= 0.3 is 0 Å². The molecule has 0 saturated heterocycles. The summed E-state index contributed by atoms with van der Waals surface area (Å²) in [6.07, 6.45) is 6.88. The highest BCUT2D eigenvalue weighted by atomic mass is 127. The van der Waals surface area contributed by atoms with Crippen molar-refractivity contribution < 1.29 is 4.74 Å². The first kappa shape index (κ1) is 21.0. The molecule has 2 aromatic heterocycles. The Hall–Kier alpha value is -1.35. The van der Waals surface area contributed by atoms with Gasteiger partial charge < -0.3 is 15.4 Å². The van der Waals surface area contributed by atoms with Crippen LogP contribution in [0, 0.1) is 6.92 Å². The normalized spacial score (nSPS) is 14.8. The fraction of sp³-hybridized carbons (Fsp3) is 0.474. The fourth-order valence-electron chi connectivity index (χ4n) is 2.98. The highest BCUT2D eigenvalue weighted by Crippen LogP contribution is 2.24. The summed E-state index contributed by atoms with van der Waals surface area (Å²) in [6.45, 7) is 3.55. The number of hydrogen-bond donors (Lipinski definition) is 2. The van der Waals surface area contributed by atoms with Crippen LogP contribution in [0.4, 0.5) is 0 Å². The minimum atomic E-state index is 0. The van der Waals surface area contributed by atoms with Crippen molar-refractivity contribution in [3.05, 3.63) is 45.8 Å². The van der Waals surface area contributed by atoms with Gasteiger partial charge in [-0.05, 0) is 55.7 Å². The molecule has 7 heteroatoms. The van der Waals surface area contributed by atoms with Gasteiger partial charge in [0.25, 0.3) is 0 Å². The first-order valence-electron chi connectivity index (χ1n) is 8.84. The van der Waals surface area contributed by atoms with E-state index in [0.717, 1.165) is 36.8 Å². The molecule has 1 aliphatic rings. The molecular formula is C19H27IN4OS. The molecule has 1 fully saturated rings. The number of rotatable bonds is 6. The largest absolute Gasteiger partial charge is 0.474 e. The summed E-state index contributed by atoms with van der Waals surface area (Å²) < 4.78 is 6.10. The third-order valence-electron chi connectivity index (χ3n) is 4.48. The Labute approximate surface area is 176 Å². The Balaban J connectivity index is 0.00000243. The van der Waals surface area contributed by atoms with Crippen LogP contribution in [-0.4, -0.2) is 24.1 Å². The van der Waals surface area contributed by atoms with Gasteiger partial charge in [0.05, 0.1) is 6.54 Å². The molecule has 0 amide bonds. The number of aryl methyl sites for hydroxylation is 1. The lowest BCUT2D eigenvalue weighted by atomic mass is 10.2. The number of aliphatic imine (C=N–C) groups is 1. The summed E-state index contributed by atoms with van der Waals surface area (Å²) in [5.74, 6) is 1.52. The minimum absolute atomic E-state index is 0. The van der Waals surface area contributed by atoms with Gasteiger partial charge in [-0.2, -0.15) is 0 Å². The zero-order valence-corrected chi connectivity index (χ0v) is 18.5. The predicted molar refractivity (Wildman–Crippen MR) is 119 cm³/mol. The minimum Gasteiger partial charge on any atom is -0.474 e. The van der Waals surface area contributed by atoms with E-state index in [9.17, 15) is 0 Å². The lowest BCUT2D eigenvalue weighted by Gasteiger charge is -2.16. The van der Waals surface area contributed by atoms with Gasteiger partial charge in [0.15, 0.2) is 5.96 Å². The molecule has 0 radical (unpaired) electrons. The average molecular weight is 486 g/mol. The highest BCUT2D eigenvalue weighted by Gasteiger charge is 2.18. The first-order valence-corrected chi connectivity index (χ1v) is 9.72. The van der Waals surface area contributed by atoms with E-state index in [0.29, 0.717) is 12.6 Å². The Morgan fingerprint density at radius 2 is 2.04 bits per heavy atom. The molecule has 2 N–H and O–H groups in total. The van der Waals surface area contributed by atoms with Crippen LogP contribution >= 0.6 is 35.3 Å². The molecule has 0 unspecified atom stereocenters. The van der Waals surface area contributed by atoms with E-state index in [1.165, 1.54) is 23.3 Å². The maximum absolute atomic E-state index is 6.10. The molecule has 5 nitrogen and oxygen atoms in total. The Morgan fingerprint density at radius 3 is 2.73 bits per heavy atom. The van der Waals surface area contributed by atoms with Crippen molar-refractivity contribution in [3.63, 3.8) is 0 Å². The molecule has 142 valence electrons. The first-order chi connectivity index (χ1) is 12.3. The van der Waals surface area contributed by atoms with E-state index < -0.39 is 0 Å². The SMILES string of the molecule is CN=C(NCc1cccnc1OC1CCCC1)NCc1sccc1C.I. The number of pyridine rings is 1. The summed E-state index contributed by atoms with van der Waals surface area (Å²) in [4.78, 5) is 10.1. The zero-order chi connectivity index (χ0) is 17.5. The molecule has 0 bridgehead atoms. The van der Waals surface area contributed by atoms with Crippen LogP contribution in [0.25, 0.3) is 0 Å². The molecular weight excluding hydrogens is 459 g/mol. The molecule has 0 spiro atoms. The van der Waals surface area contributed by atoms with Crippen LogP contribution < -0.4 is 15.4 Å². The van der Waals surface area contributed by atoms with Crippen LogP contribution in [0.15, 0.2) is 34.8 Å². The number of halogens is 1. The van der Waals surface area contributed by atoms with Crippen molar-refractivity contribution in [1.29, 1.82) is 0 Å². The van der Waals surface area contributed by atoms with Gasteiger partial charge in [-0.1, -0.05) is 6.07 Å². The summed E-state index contributed by atoms with van der Waals surface area (Å²) in [5.41, 5.74) is 2.37. The number of hydrogen-bond acceptors (Lipinski definition) is 4. The number of ether oxygens (including phenoxy) is 1. The summed E-state index contributed by atoms with van der Waals surface area (Å²) in [5, 5.41) is 8.84. The van der Waals surface area contributed by atoms with Crippen LogP contribution in [0.2, 0.25) is 0 Å². The average Bonchev–Trinajstić information content (AvgIpc) is 3.28. The van der Waals surface area contributed by atoms with Gasteiger partial charge in [-0.3, -0.25) is 4.99 Å². The maximum Gasteiger partial charge on any atom is 0.218 e. The number of guanidine groups is 1. The van der Waals surface area contributed by atoms with Crippen molar-refractivity contribution in [2.24, 2.45) is 4.99 Å². The van der Waals surface area contributed by atoms with Crippen molar-refractivity contribution in [1.82, 2.24) is 15.6 Å². The number of nitrogens with zero attached hydrogens (tertiary/aromatic N) is 2. The Bertz CT molecular complexity index is 713. The zero-order valence-electron chi connectivity index (χ0n) is 15.3.